The SMILES string of the molecule is CCNc1nnc(Sc2ccc([N+](=O)[O-])cc2S(=O)(=O)N2CCOCC2)s1. The summed E-state index contributed by atoms with van der Waals surface area (Å²) in [6.07, 6.45) is 0. The molecule has 1 aliphatic rings. The van der Waals surface area contributed by atoms with Gasteiger partial charge in [0.1, 0.15) is 4.90 Å². The summed E-state index contributed by atoms with van der Waals surface area (Å²) in [7, 11) is -3.90. The van der Waals surface area contributed by atoms with E-state index in [2.05, 4.69) is 15.5 Å². The van der Waals surface area contributed by atoms with Crippen LogP contribution in [0.1, 0.15) is 6.92 Å². The molecule has 1 fully saturated rings. The minimum absolute atomic E-state index is 0.108. The fourth-order valence-corrected chi connectivity index (χ4v) is 6.11. The van der Waals surface area contributed by atoms with Gasteiger partial charge in [-0.2, -0.15) is 4.31 Å². The lowest BCUT2D eigenvalue weighted by atomic mass is 10.3. The predicted molar refractivity (Wildman–Crippen MR) is 101 cm³/mol. The second-order valence-electron chi connectivity index (χ2n) is 5.41. The lowest BCUT2D eigenvalue weighted by Crippen LogP contribution is -2.40. The molecule has 27 heavy (non-hydrogen) atoms. The number of nitrogens with one attached hydrogen (secondary N) is 1. The molecule has 0 spiro atoms. The van der Waals surface area contributed by atoms with Crippen LogP contribution in [0.4, 0.5) is 10.8 Å². The van der Waals surface area contributed by atoms with E-state index in [1.807, 2.05) is 6.92 Å². The Hall–Kier alpha value is -1.80. The number of aromatic nitrogens is 2. The second-order valence-corrected chi connectivity index (χ2v) is 9.58. The van der Waals surface area contributed by atoms with E-state index in [9.17, 15) is 18.5 Å². The van der Waals surface area contributed by atoms with Gasteiger partial charge in [0.2, 0.25) is 15.2 Å². The number of ether oxygens (including phenoxy) is 1. The molecule has 146 valence electrons. The summed E-state index contributed by atoms with van der Waals surface area (Å²) in [5.74, 6) is 0. The maximum atomic E-state index is 13.1. The third-order valence-electron chi connectivity index (χ3n) is 3.66. The lowest BCUT2D eigenvalue weighted by molar-refractivity contribution is -0.385. The highest BCUT2D eigenvalue weighted by molar-refractivity contribution is 8.01. The molecule has 0 saturated carbocycles. The minimum atomic E-state index is -3.90. The molecule has 3 rings (SSSR count). The molecule has 0 amide bonds. The van der Waals surface area contributed by atoms with Crippen molar-refractivity contribution in [2.24, 2.45) is 0 Å². The van der Waals surface area contributed by atoms with Crippen molar-refractivity contribution in [1.82, 2.24) is 14.5 Å². The Kier molecular flexibility index (Phi) is 6.26. The molecule has 1 aliphatic heterocycles. The second kappa shape index (κ2) is 8.48. The number of benzene rings is 1. The van der Waals surface area contributed by atoms with Crippen molar-refractivity contribution < 1.29 is 18.1 Å². The quantitative estimate of drug-likeness (QED) is 0.517. The van der Waals surface area contributed by atoms with E-state index in [4.69, 9.17) is 4.74 Å². The normalized spacial score (nSPS) is 15.6. The summed E-state index contributed by atoms with van der Waals surface area (Å²) in [4.78, 5) is 10.8. The van der Waals surface area contributed by atoms with Crippen molar-refractivity contribution >= 4 is 43.9 Å². The number of rotatable bonds is 7. The Labute approximate surface area is 164 Å². The molecule has 0 atom stereocenters. The van der Waals surface area contributed by atoms with Gasteiger partial charge in [-0.05, 0) is 13.0 Å². The van der Waals surface area contributed by atoms with Crippen molar-refractivity contribution in [3.8, 4) is 0 Å². The number of sulfonamides is 1. The summed E-state index contributed by atoms with van der Waals surface area (Å²) < 4.78 is 33.2. The molecular weight excluding hydrogens is 414 g/mol. The summed E-state index contributed by atoms with van der Waals surface area (Å²) in [5, 5.41) is 22.8. The zero-order valence-electron chi connectivity index (χ0n) is 14.3. The van der Waals surface area contributed by atoms with Crippen LogP contribution >= 0.6 is 23.1 Å². The first-order valence-electron chi connectivity index (χ1n) is 8.03. The van der Waals surface area contributed by atoms with E-state index in [-0.39, 0.29) is 23.7 Å². The van der Waals surface area contributed by atoms with Crippen LogP contribution in [0.2, 0.25) is 0 Å². The van der Waals surface area contributed by atoms with Gasteiger partial charge in [0, 0.05) is 36.7 Å². The Balaban J connectivity index is 1.98. The standard InChI is InChI=1S/C14H17N5O5S3/c1-2-15-13-16-17-14(26-13)25-11-4-3-10(19(20)21)9-12(11)27(22,23)18-5-7-24-8-6-18/h3-4,9H,2,5-8H2,1H3,(H,15,16). The van der Waals surface area contributed by atoms with Crippen molar-refractivity contribution in [2.75, 3.05) is 38.2 Å². The molecule has 0 radical (unpaired) electrons. The molecule has 10 nitrogen and oxygen atoms in total. The largest absolute Gasteiger partial charge is 0.379 e. The molecule has 1 N–H and O–H groups in total. The number of hydrogen-bond acceptors (Lipinski definition) is 10. The average molecular weight is 432 g/mol. The first kappa shape index (κ1) is 19.9. The number of anilines is 1. The average Bonchev–Trinajstić information content (AvgIpc) is 3.10. The summed E-state index contributed by atoms with van der Waals surface area (Å²) >= 11 is 2.40. The van der Waals surface area contributed by atoms with Crippen LogP contribution in [0, 0.1) is 10.1 Å². The molecular formula is C14H17N5O5S3. The number of nitro groups is 1. The molecule has 1 aromatic heterocycles. The predicted octanol–water partition coefficient (Wildman–Crippen LogP) is 2.05. The Morgan fingerprint density at radius 1 is 1.37 bits per heavy atom. The van der Waals surface area contributed by atoms with E-state index in [0.717, 1.165) is 17.8 Å². The van der Waals surface area contributed by atoms with E-state index in [1.54, 1.807) is 0 Å². The maximum absolute atomic E-state index is 13.1. The molecule has 0 unspecified atom stereocenters. The van der Waals surface area contributed by atoms with Crippen LogP contribution in [0.3, 0.4) is 0 Å². The number of hydrogen-bond donors (Lipinski definition) is 1. The van der Waals surface area contributed by atoms with Gasteiger partial charge < -0.3 is 10.1 Å². The van der Waals surface area contributed by atoms with Crippen LogP contribution in [0.25, 0.3) is 0 Å². The van der Waals surface area contributed by atoms with Gasteiger partial charge in [-0.3, -0.25) is 10.1 Å². The highest BCUT2D eigenvalue weighted by Gasteiger charge is 2.31. The zero-order chi connectivity index (χ0) is 19.4. The fourth-order valence-electron chi connectivity index (χ4n) is 2.39. The van der Waals surface area contributed by atoms with Crippen LogP contribution < -0.4 is 5.32 Å². The van der Waals surface area contributed by atoms with Crippen LogP contribution in [0.5, 0.6) is 0 Å². The van der Waals surface area contributed by atoms with Crippen LogP contribution in [-0.4, -0.2) is 60.7 Å². The van der Waals surface area contributed by atoms with Gasteiger partial charge in [-0.25, -0.2) is 8.42 Å². The fraction of sp³-hybridized carbons (Fsp3) is 0.429. The van der Waals surface area contributed by atoms with Crippen molar-refractivity contribution in [3.63, 3.8) is 0 Å². The Morgan fingerprint density at radius 2 is 2.11 bits per heavy atom. The highest BCUT2D eigenvalue weighted by atomic mass is 32.2. The smallest absolute Gasteiger partial charge is 0.270 e. The van der Waals surface area contributed by atoms with Crippen LogP contribution in [-0.2, 0) is 14.8 Å². The van der Waals surface area contributed by atoms with E-state index in [1.165, 1.54) is 27.8 Å². The monoisotopic (exact) mass is 431 g/mol. The van der Waals surface area contributed by atoms with E-state index < -0.39 is 14.9 Å². The summed E-state index contributed by atoms with van der Waals surface area (Å²) in [6.45, 7) is 3.61. The third kappa shape index (κ3) is 4.55. The van der Waals surface area contributed by atoms with E-state index in [0.29, 0.717) is 34.1 Å². The number of nitrogens with zero attached hydrogens (tertiary/aromatic N) is 4. The molecule has 13 heteroatoms. The van der Waals surface area contributed by atoms with Gasteiger partial charge in [0.15, 0.2) is 4.34 Å². The van der Waals surface area contributed by atoms with Crippen molar-refractivity contribution in [1.29, 1.82) is 0 Å². The first-order chi connectivity index (χ1) is 12.9. The Bertz CT molecular complexity index is 927. The van der Waals surface area contributed by atoms with Gasteiger partial charge in [0.25, 0.3) is 5.69 Å². The molecule has 2 aromatic rings. The molecule has 0 aliphatic carbocycles. The van der Waals surface area contributed by atoms with Crippen LogP contribution in [0.15, 0.2) is 32.3 Å². The number of nitro benzene ring substituents is 1. The summed E-state index contributed by atoms with van der Waals surface area (Å²) in [6, 6.07) is 3.82. The van der Waals surface area contributed by atoms with Gasteiger partial charge in [-0.1, -0.05) is 23.1 Å². The number of non-ortho nitro benzene ring substituents is 1. The van der Waals surface area contributed by atoms with Gasteiger partial charge in [-0.15, -0.1) is 10.2 Å². The first-order valence-corrected chi connectivity index (χ1v) is 11.1. The zero-order valence-corrected chi connectivity index (χ0v) is 16.8. The summed E-state index contributed by atoms with van der Waals surface area (Å²) in [5.41, 5.74) is -0.281. The van der Waals surface area contributed by atoms with Crippen molar-refractivity contribution in [2.45, 2.75) is 21.1 Å². The van der Waals surface area contributed by atoms with E-state index >= 15 is 0 Å². The van der Waals surface area contributed by atoms with Crippen molar-refractivity contribution in [3.05, 3.63) is 28.3 Å². The third-order valence-corrected chi connectivity index (χ3v) is 7.73. The minimum Gasteiger partial charge on any atom is -0.379 e. The molecule has 1 aromatic carbocycles. The maximum Gasteiger partial charge on any atom is 0.270 e. The highest BCUT2D eigenvalue weighted by Crippen LogP contribution is 2.38. The molecule has 0 bridgehead atoms. The lowest BCUT2D eigenvalue weighted by Gasteiger charge is -2.26. The Morgan fingerprint density at radius 3 is 2.78 bits per heavy atom. The van der Waals surface area contributed by atoms with Gasteiger partial charge in [0.05, 0.1) is 18.1 Å². The number of morpholine rings is 1. The molecule has 1 saturated heterocycles. The molecule has 2 heterocycles. The van der Waals surface area contributed by atoms with Gasteiger partial charge >= 0.3 is 0 Å². The topological polar surface area (TPSA) is 128 Å².